The average molecular weight is 396 g/mol. The lowest BCUT2D eigenvalue weighted by atomic mass is 9.93. The molecular formula is C25H33NO3. The normalized spacial score (nSPS) is 17.2. The van der Waals surface area contributed by atoms with E-state index in [1.54, 1.807) is 7.11 Å². The maximum Gasteiger partial charge on any atom is 0.0872 e. The minimum absolute atomic E-state index is 0.0260. The third kappa shape index (κ3) is 6.00. The van der Waals surface area contributed by atoms with E-state index in [-0.39, 0.29) is 6.10 Å². The van der Waals surface area contributed by atoms with Crippen molar-refractivity contribution >= 4 is 5.57 Å². The lowest BCUT2D eigenvalue weighted by molar-refractivity contribution is -0.00704. The van der Waals surface area contributed by atoms with Gasteiger partial charge in [0.25, 0.3) is 0 Å². The monoisotopic (exact) mass is 395 g/mol. The lowest BCUT2D eigenvalue weighted by Gasteiger charge is -2.19. The van der Waals surface area contributed by atoms with Gasteiger partial charge in [-0.2, -0.15) is 0 Å². The molecule has 1 atom stereocenters. The maximum atomic E-state index is 6.32. The van der Waals surface area contributed by atoms with Crippen LogP contribution in [0.3, 0.4) is 0 Å². The summed E-state index contributed by atoms with van der Waals surface area (Å²) in [6.45, 7) is 3.40. The number of hydrogen-bond acceptors (Lipinski definition) is 4. The first kappa shape index (κ1) is 21.7. The molecule has 0 heterocycles. The molecule has 29 heavy (non-hydrogen) atoms. The molecule has 0 amide bonds. The van der Waals surface area contributed by atoms with Crippen molar-refractivity contribution < 1.29 is 14.2 Å². The standard InChI is InChI=1S/C25H33NO3/c1-26(2)14-8-13-22-21-10-5-4-9-20(21)19-25(24-12-7-6-11-23(22)24)29-18-17-28-16-15-27-3/h4-7,9-13,25H,8,14-19H2,1-3H3/b22-13+/t25-/m1/s1. The Morgan fingerprint density at radius 1 is 0.931 bits per heavy atom. The van der Waals surface area contributed by atoms with Crippen molar-refractivity contribution in [1.29, 1.82) is 0 Å². The van der Waals surface area contributed by atoms with Crippen molar-refractivity contribution in [2.75, 3.05) is 54.2 Å². The smallest absolute Gasteiger partial charge is 0.0872 e. The molecule has 4 heteroatoms. The lowest BCUT2D eigenvalue weighted by Crippen LogP contribution is -2.14. The Hall–Kier alpha value is -1.98. The molecule has 0 spiro atoms. The van der Waals surface area contributed by atoms with Gasteiger partial charge < -0.3 is 19.1 Å². The van der Waals surface area contributed by atoms with Crippen LogP contribution in [0.1, 0.15) is 34.8 Å². The minimum Gasteiger partial charge on any atom is -0.382 e. The molecule has 0 unspecified atom stereocenters. The number of hydrogen-bond donors (Lipinski definition) is 0. The fraction of sp³-hybridized carbons (Fsp3) is 0.440. The summed E-state index contributed by atoms with van der Waals surface area (Å²) in [5.41, 5.74) is 6.52. The van der Waals surface area contributed by atoms with Crippen LogP contribution in [0.4, 0.5) is 0 Å². The van der Waals surface area contributed by atoms with E-state index in [1.807, 2.05) is 0 Å². The number of fused-ring (bicyclic) bond motifs is 2. The highest BCUT2D eigenvalue weighted by molar-refractivity contribution is 5.84. The van der Waals surface area contributed by atoms with Gasteiger partial charge in [-0.05, 0) is 48.3 Å². The second-order valence-corrected chi connectivity index (χ2v) is 7.62. The minimum atomic E-state index is 0.0260. The Morgan fingerprint density at radius 2 is 1.66 bits per heavy atom. The second kappa shape index (κ2) is 11.3. The molecule has 0 aromatic heterocycles. The van der Waals surface area contributed by atoms with Crippen molar-refractivity contribution in [1.82, 2.24) is 4.90 Å². The van der Waals surface area contributed by atoms with Crippen molar-refractivity contribution in [2.24, 2.45) is 0 Å². The van der Waals surface area contributed by atoms with Crippen molar-refractivity contribution in [3.05, 3.63) is 76.9 Å². The Balaban J connectivity index is 1.85. The molecule has 0 radical (unpaired) electrons. The summed E-state index contributed by atoms with van der Waals surface area (Å²) < 4.78 is 16.9. The molecule has 0 saturated heterocycles. The Kier molecular flexibility index (Phi) is 8.44. The third-order valence-electron chi connectivity index (χ3n) is 5.21. The first-order chi connectivity index (χ1) is 14.2. The van der Waals surface area contributed by atoms with Gasteiger partial charge in [0.15, 0.2) is 0 Å². The van der Waals surface area contributed by atoms with E-state index in [1.165, 1.54) is 27.8 Å². The molecule has 156 valence electrons. The van der Waals surface area contributed by atoms with E-state index < -0.39 is 0 Å². The van der Waals surface area contributed by atoms with Crippen LogP contribution in [0.5, 0.6) is 0 Å². The van der Waals surface area contributed by atoms with Crippen molar-refractivity contribution in [3.63, 3.8) is 0 Å². The van der Waals surface area contributed by atoms with Crippen LogP contribution in [-0.2, 0) is 20.6 Å². The number of benzene rings is 2. The van der Waals surface area contributed by atoms with Gasteiger partial charge in [0.2, 0.25) is 0 Å². The SMILES string of the molecule is COCCOCCO[C@@H]1Cc2ccccc2/C(=C\CCN(C)C)c2ccccc21. The van der Waals surface area contributed by atoms with Crippen LogP contribution < -0.4 is 0 Å². The molecule has 0 fully saturated rings. The van der Waals surface area contributed by atoms with E-state index >= 15 is 0 Å². The summed E-state index contributed by atoms with van der Waals surface area (Å²) in [7, 11) is 5.92. The highest BCUT2D eigenvalue weighted by Gasteiger charge is 2.25. The van der Waals surface area contributed by atoms with Crippen LogP contribution in [0.15, 0.2) is 54.6 Å². The zero-order valence-electron chi connectivity index (χ0n) is 17.9. The van der Waals surface area contributed by atoms with Gasteiger partial charge >= 0.3 is 0 Å². The van der Waals surface area contributed by atoms with Crippen LogP contribution in [-0.4, -0.2) is 59.1 Å². The van der Waals surface area contributed by atoms with Gasteiger partial charge in [0, 0.05) is 20.1 Å². The number of rotatable bonds is 10. The van der Waals surface area contributed by atoms with Gasteiger partial charge in [-0.15, -0.1) is 0 Å². The molecule has 3 rings (SSSR count). The Labute approximate surface area is 175 Å². The topological polar surface area (TPSA) is 30.9 Å². The quantitative estimate of drug-likeness (QED) is 0.560. The second-order valence-electron chi connectivity index (χ2n) is 7.62. The van der Waals surface area contributed by atoms with E-state index in [0.717, 1.165) is 19.4 Å². The summed E-state index contributed by atoms with van der Waals surface area (Å²) >= 11 is 0. The fourth-order valence-electron chi connectivity index (χ4n) is 3.77. The van der Waals surface area contributed by atoms with Gasteiger partial charge in [-0.25, -0.2) is 0 Å². The summed E-state index contributed by atoms with van der Waals surface area (Å²) in [4.78, 5) is 2.22. The van der Waals surface area contributed by atoms with Crippen molar-refractivity contribution in [3.8, 4) is 0 Å². The van der Waals surface area contributed by atoms with Crippen LogP contribution in [0, 0.1) is 0 Å². The van der Waals surface area contributed by atoms with Gasteiger partial charge in [-0.3, -0.25) is 0 Å². The molecule has 2 aromatic carbocycles. The largest absolute Gasteiger partial charge is 0.382 e. The van der Waals surface area contributed by atoms with Gasteiger partial charge in [-0.1, -0.05) is 54.6 Å². The Morgan fingerprint density at radius 3 is 2.45 bits per heavy atom. The third-order valence-corrected chi connectivity index (χ3v) is 5.21. The molecule has 0 bridgehead atoms. The first-order valence-corrected chi connectivity index (χ1v) is 10.4. The van der Waals surface area contributed by atoms with E-state index in [2.05, 4.69) is 73.6 Å². The zero-order chi connectivity index (χ0) is 20.5. The van der Waals surface area contributed by atoms with E-state index in [9.17, 15) is 0 Å². The highest BCUT2D eigenvalue weighted by Crippen LogP contribution is 2.39. The molecule has 2 aromatic rings. The first-order valence-electron chi connectivity index (χ1n) is 10.4. The van der Waals surface area contributed by atoms with Crippen LogP contribution in [0.2, 0.25) is 0 Å². The van der Waals surface area contributed by atoms with E-state index in [0.29, 0.717) is 26.4 Å². The van der Waals surface area contributed by atoms with Crippen molar-refractivity contribution in [2.45, 2.75) is 18.9 Å². The van der Waals surface area contributed by atoms with E-state index in [4.69, 9.17) is 14.2 Å². The van der Waals surface area contributed by atoms with Gasteiger partial charge in [0.1, 0.15) is 0 Å². The molecule has 0 N–H and O–H groups in total. The summed E-state index contributed by atoms with van der Waals surface area (Å²) in [5.74, 6) is 0. The molecule has 0 saturated carbocycles. The number of ether oxygens (including phenoxy) is 3. The predicted octanol–water partition coefficient (Wildman–Crippen LogP) is 4.35. The molecule has 0 aliphatic heterocycles. The molecule has 1 aliphatic carbocycles. The van der Waals surface area contributed by atoms with Gasteiger partial charge in [0.05, 0.1) is 32.5 Å². The number of nitrogens with zero attached hydrogens (tertiary/aromatic N) is 1. The average Bonchev–Trinajstić information content (AvgIpc) is 2.86. The fourth-order valence-corrected chi connectivity index (χ4v) is 3.77. The summed E-state index contributed by atoms with van der Waals surface area (Å²) in [5, 5.41) is 0. The molecular weight excluding hydrogens is 362 g/mol. The molecule has 1 aliphatic rings. The summed E-state index contributed by atoms with van der Waals surface area (Å²) in [6.07, 6.45) is 4.30. The maximum absolute atomic E-state index is 6.32. The predicted molar refractivity (Wildman–Crippen MR) is 118 cm³/mol. The Bertz CT molecular complexity index is 800. The van der Waals surface area contributed by atoms with Crippen LogP contribution >= 0.6 is 0 Å². The summed E-state index contributed by atoms with van der Waals surface area (Å²) in [6, 6.07) is 17.4. The molecule has 4 nitrogen and oxygen atoms in total. The zero-order valence-corrected chi connectivity index (χ0v) is 17.9. The van der Waals surface area contributed by atoms with Crippen LogP contribution in [0.25, 0.3) is 5.57 Å². The number of methoxy groups -OCH3 is 1. The highest BCUT2D eigenvalue weighted by atomic mass is 16.5.